The molecule has 0 fully saturated rings. The van der Waals surface area contributed by atoms with Crippen LogP contribution in [0, 0.1) is 0 Å². The van der Waals surface area contributed by atoms with Gasteiger partial charge in [-0.3, -0.25) is 24.1 Å². The van der Waals surface area contributed by atoms with E-state index >= 15 is 0 Å². The van der Waals surface area contributed by atoms with Crippen molar-refractivity contribution in [2.45, 2.75) is 264 Å². The average molecular weight is 887 g/mol. The molecule has 0 rings (SSSR count). The van der Waals surface area contributed by atoms with Crippen LogP contribution in [0.15, 0.2) is 0 Å². The van der Waals surface area contributed by atoms with Crippen molar-refractivity contribution in [3.05, 3.63) is 0 Å². The first-order valence-electron chi connectivity index (χ1n) is 25.2. The topological polar surface area (TPSA) is 248 Å². The zero-order valence-corrected chi connectivity index (χ0v) is 39.9. The number of unbranched alkanes of at least 4 members (excludes halogenated alkanes) is 29. The molecule has 2 atom stereocenters. The number of aliphatic hydroxyl groups is 1. The molecule has 0 aliphatic carbocycles. The number of carboxylic acid groups (broad SMARTS) is 3. The zero-order chi connectivity index (χ0) is 46.9. The summed E-state index contributed by atoms with van der Waals surface area (Å²) >= 11 is 0. The minimum absolute atomic E-state index is 0.0972. The lowest BCUT2D eigenvalue weighted by molar-refractivity contribution is -0.159. The first-order valence-corrected chi connectivity index (χ1v) is 25.2. The Morgan fingerprint density at radius 1 is 0.419 bits per heavy atom. The maximum atomic E-state index is 13.2. The number of imide groups is 1. The molecule has 0 aromatic heterocycles. The molecule has 2 unspecified atom stereocenters. The van der Waals surface area contributed by atoms with Gasteiger partial charge in [-0.05, 0) is 38.6 Å². The largest absolute Gasteiger partial charge is 0.481 e. The van der Waals surface area contributed by atoms with Crippen molar-refractivity contribution in [3.63, 3.8) is 0 Å². The lowest BCUT2D eigenvalue weighted by Crippen LogP contribution is -2.48. The maximum Gasteiger partial charge on any atom is 0.326 e. The standard InChI is InChI=1S/C41H77NO6.C6H14N2O2.C2H7NO/c1-3-5-7-9-11-13-15-17-19-21-23-25-27-29-31-33-38(43)42(37(41(47)48)35-36-40(45)46)39(44)34-32-30-28-26-24-22-20-18-16-14-12-10-8-6-4-2;7-4-2-1-3-5(8)6(9)10;3-1-2-4/h37H,3-36H2,1-2H3,(H,45,46)(H,47,48);5H,1-4,7-8H2,(H,9,10);4H,1-3H2. The van der Waals surface area contributed by atoms with E-state index in [9.17, 15) is 29.1 Å². The van der Waals surface area contributed by atoms with Gasteiger partial charge in [0.25, 0.3) is 0 Å². The fourth-order valence-corrected chi connectivity index (χ4v) is 7.28. The number of amides is 2. The fraction of sp³-hybridized carbons (Fsp3) is 0.898. The van der Waals surface area contributed by atoms with Crippen LogP contribution in [-0.4, -0.2) is 86.8 Å². The number of nitrogens with zero attached hydrogens (tertiary/aromatic N) is 1. The number of nitrogens with two attached hydrogens (primary N) is 3. The third kappa shape index (κ3) is 46.9. The SMILES string of the molecule is CCCCCCCCCCCCCCCCCC(=O)N(C(=O)CCCCCCCCCCCCCCCCC)C(CCC(=O)O)C(=O)O.NCCCCC(N)C(=O)O.NCCO. The molecule has 0 aliphatic rings. The number of carboxylic acids is 3. The van der Waals surface area contributed by atoms with Crippen molar-refractivity contribution in [1.29, 1.82) is 0 Å². The minimum Gasteiger partial charge on any atom is -0.481 e. The highest BCUT2D eigenvalue weighted by Gasteiger charge is 2.34. The van der Waals surface area contributed by atoms with E-state index in [2.05, 4.69) is 13.8 Å². The first-order chi connectivity index (χ1) is 29.9. The van der Waals surface area contributed by atoms with Gasteiger partial charge in [-0.1, -0.05) is 200 Å². The van der Waals surface area contributed by atoms with Crippen LogP contribution in [0.1, 0.15) is 251 Å². The summed E-state index contributed by atoms with van der Waals surface area (Å²) in [6.45, 7) is 5.58. The van der Waals surface area contributed by atoms with Gasteiger partial charge in [-0.15, -0.1) is 0 Å². The van der Waals surface area contributed by atoms with E-state index in [4.69, 9.17) is 32.5 Å². The smallest absolute Gasteiger partial charge is 0.326 e. The second-order valence-corrected chi connectivity index (χ2v) is 17.1. The van der Waals surface area contributed by atoms with Crippen molar-refractivity contribution in [2.24, 2.45) is 17.2 Å². The molecular formula is C49H98N4O9. The molecule has 0 heterocycles. The number of carbonyl (C=O) groups is 5. The Bertz CT molecular complexity index is 986. The number of aliphatic carboxylic acids is 3. The Morgan fingerprint density at radius 3 is 0.968 bits per heavy atom. The number of carbonyl (C=O) groups excluding carboxylic acids is 2. The Kier molecular flexibility index (Phi) is 52.4. The molecule has 0 spiro atoms. The fourth-order valence-electron chi connectivity index (χ4n) is 7.28. The van der Waals surface area contributed by atoms with Gasteiger partial charge in [-0.2, -0.15) is 0 Å². The molecular weight excluding hydrogens is 789 g/mol. The van der Waals surface area contributed by atoms with Gasteiger partial charge >= 0.3 is 17.9 Å². The third-order valence-corrected chi connectivity index (χ3v) is 11.2. The second-order valence-electron chi connectivity index (χ2n) is 17.1. The van der Waals surface area contributed by atoms with Crippen molar-refractivity contribution >= 4 is 29.7 Å². The molecule has 0 radical (unpaired) electrons. The van der Waals surface area contributed by atoms with E-state index in [1.165, 1.54) is 141 Å². The summed E-state index contributed by atoms with van der Waals surface area (Å²) in [7, 11) is 0. The Labute approximate surface area is 378 Å². The van der Waals surface area contributed by atoms with E-state index in [0.717, 1.165) is 56.3 Å². The summed E-state index contributed by atoms with van der Waals surface area (Å²) in [4.78, 5) is 60.6. The van der Waals surface area contributed by atoms with Gasteiger partial charge in [0.2, 0.25) is 11.8 Å². The maximum absolute atomic E-state index is 13.2. The lowest BCUT2D eigenvalue weighted by atomic mass is 10.0. The Hall–Kier alpha value is -2.61. The number of hydrogen-bond donors (Lipinski definition) is 7. The molecule has 0 bridgehead atoms. The van der Waals surface area contributed by atoms with Gasteiger partial charge in [0.1, 0.15) is 12.1 Å². The first kappa shape index (κ1) is 63.7. The van der Waals surface area contributed by atoms with Crippen LogP contribution in [0.5, 0.6) is 0 Å². The predicted octanol–water partition coefficient (Wildman–Crippen LogP) is 10.6. The highest BCUT2D eigenvalue weighted by molar-refractivity contribution is 5.99. The molecule has 0 aromatic carbocycles. The molecule has 0 aliphatic heterocycles. The summed E-state index contributed by atoms with van der Waals surface area (Å²) in [5.41, 5.74) is 15.2. The molecule has 62 heavy (non-hydrogen) atoms. The lowest BCUT2D eigenvalue weighted by Gasteiger charge is -2.27. The van der Waals surface area contributed by atoms with Crippen molar-refractivity contribution in [1.82, 2.24) is 4.90 Å². The molecule has 13 nitrogen and oxygen atoms in total. The van der Waals surface area contributed by atoms with Crippen LogP contribution in [-0.2, 0) is 24.0 Å². The van der Waals surface area contributed by atoms with Crippen LogP contribution < -0.4 is 17.2 Å². The summed E-state index contributed by atoms with van der Waals surface area (Å²) in [6, 6.07) is -2.14. The van der Waals surface area contributed by atoms with Crippen LogP contribution in [0.25, 0.3) is 0 Å². The quantitative estimate of drug-likeness (QED) is 0.0283. The molecule has 368 valence electrons. The van der Waals surface area contributed by atoms with Crippen LogP contribution in [0.3, 0.4) is 0 Å². The molecule has 10 N–H and O–H groups in total. The minimum atomic E-state index is -1.42. The van der Waals surface area contributed by atoms with Crippen LogP contribution >= 0.6 is 0 Å². The van der Waals surface area contributed by atoms with Crippen LogP contribution in [0.4, 0.5) is 0 Å². The summed E-state index contributed by atoms with van der Waals surface area (Å²) in [5, 5.41) is 35.0. The van der Waals surface area contributed by atoms with Crippen LogP contribution in [0.2, 0.25) is 0 Å². The average Bonchev–Trinajstić information content (AvgIpc) is 3.24. The third-order valence-electron chi connectivity index (χ3n) is 11.2. The van der Waals surface area contributed by atoms with Gasteiger partial charge in [0.15, 0.2) is 0 Å². The van der Waals surface area contributed by atoms with Gasteiger partial charge in [-0.25, -0.2) is 4.79 Å². The Morgan fingerprint density at radius 2 is 0.726 bits per heavy atom. The molecule has 0 aromatic rings. The van der Waals surface area contributed by atoms with Crippen molar-refractivity contribution in [3.8, 4) is 0 Å². The van der Waals surface area contributed by atoms with Crippen molar-refractivity contribution in [2.75, 3.05) is 19.7 Å². The van der Waals surface area contributed by atoms with E-state index < -0.39 is 48.2 Å². The highest BCUT2D eigenvalue weighted by atomic mass is 16.4. The monoisotopic (exact) mass is 887 g/mol. The number of rotatable bonds is 43. The zero-order valence-electron chi connectivity index (χ0n) is 39.9. The number of hydrogen-bond acceptors (Lipinski definition) is 9. The van der Waals surface area contributed by atoms with Gasteiger partial charge in [0, 0.05) is 25.8 Å². The van der Waals surface area contributed by atoms with Gasteiger partial charge in [0.05, 0.1) is 6.61 Å². The summed E-state index contributed by atoms with van der Waals surface area (Å²) in [5.74, 6) is -4.34. The Balaban J connectivity index is -0.00000211. The van der Waals surface area contributed by atoms with E-state index in [-0.39, 0.29) is 25.9 Å². The molecule has 2 amide bonds. The molecule has 13 heteroatoms. The molecule has 0 saturated heterocycles. The summed E-state index contributed by atoms with van der Waals surface area (Å²) in [6.07, 6.45) is 38.1. The van der Waals surface area contributed by atoms with E-state index in [1.54, 1.807) is 0 Å². The number of aliphatic hydroxyl groups excluding tert-OH is 1. The summed E-state index contributed by atoms with van der Waals surface area (Å²) < 4.78 is 0. The second kappa shape index (κ2) is 51.0. The van der Waals surface area contributed by atoms with Crippen molar-refractivity contribution < 1.29 is 44.4 Å². The van der Waals surface area contributed by atoms with E-state index in [0.29, 0.717) is 32.4 Å². The van der Waals surface area contributed by atoms with E-state index in [1.807, 2.05) is 0 Å². The van der Waals surface area contributed by atoms with Gasteiger partial charge < -0.3 is 37.6 Å². The highest BCUT2D eigenvalue weighted by Crippen LogP contribution is 2.19. The normalized spacial score (nSPS) is 11.8. The predicted molar refractivity (Wildman–Crippen MR) is 254 cm³/mol. The molecule has 0 saturated carbocycles.